The molecule has 0 unspecified atom stereocenters. The fraction of sp³-hybridized carbons (Fsp3) is 0.706. The van der Waals surface area contributed by atoms with Gasteiger partial charge in [0, 0.05) is 38.1 Å². The molecule has 2 fully saturated rings. The highest BCUT2D eigenvalue weighted by Crippen LogP contribution is 2.39. The first-order valence-corrected chi connectivity index (χ1v) is 9.47. The molecule has 2 aliphatic rings. The number of rotatable bonds is 3. The number of carbonyl (C=O) groups excluding carboxylic acids is 1. The van der Waals surface area contributed by atoms with Gasteiger partial charge in [-0.05, 0) is 44.9 Å². The number of hydrogen-bond acceptors (Lipinski definition) is 5. The minimum Gasteiger partial charge on any atom is -0.381 e. The molecule has 2 saturated heterocycles. The van der Waals surface area contributed by atoms with Crippen molar-refractivity contribution < 1.29 is 9.53 Å². The Kier molecular flexibility index (Phi) is 5.30. The number of nitrogens with one attached hydrogen (secondary N) is 1. The van der Waals surface area contributed by atoms with Crippen LogP contribution in [0, 0.1) is 12.3 Å². The van der Waals surface area contributed by atoms with E-state index >= 15 is 0 Å². The van der Waals surface area contributed by atoms with Gasteiger partial charge in [0.1, 0.15) is 0 Å². The molecule has 0 aromatic carbocycles. The monoisotopic (exact) mass is 351 g/mol. The van der Waals surface area contributed by atoms with E-state index in [9.17, 15) is 9.59 Å². The second-order valence-corrected chi connectivity index (χ2v) is 8.26. The van der Waals surface area contributed by atoms with E-state index in [4.69, 9.17) is 4.74 Å². The van der Waals surface area contributed by atoms with Crippen molar-refractivity contribution in [2.75, 3.05) is 26.3 Å². The summed E-state index contributed by atoms with van der Waals surface area (Å²) in [5, 5.41) is 0.253. The number of aromatic amines is 1. The highest BCUT2D eigenvalue weighted by atomic mass is 32.2. The molecule has 0 radical (unpaired) electrons. The van der Waals surface area contributed by atoms with E-state index in [1.807, 2.05) is 11.8 Å². The summed E-state index contributed by atoms with van der Waals surface area (Å²) >= 11 is 1.33. The summed E-state index contributed by atoms with van der Waals surface area (Å²) in [6.07, 6.45) is 4.34. The Balaban J connectivity index is 1.65. The predicted octanol–water partition coefficient (Wildman–Crippen LogP) is 1.98. The second kappa shape index (κ2) is 7.27. The van der Waals surface area contributed by atoms with Crippen LogP contribution in [0.1, 0.15) is 38.3 Å². The maximum atomic E-state index is 12.9. The van der Waals surface area contributed by atoms with Gasteiger partial charge in [0.2, 0.25) is 5.91 Å². The molecule has 1 amide bonds. The third-order valence-electron chi connectivity index (χ3n) is 5.01. The number of piperidine rings is 1. The molecular weight excluding hydrogens is 326 g/mol. The lowest BCUT2D eigenvalue weighted by atomic mass is 9.74. The van der Waals surface area contributed by atoms with Crippen molar-refractivity contribution in [1.82, 2.24) is 14.9 Å². The Hall–Kier alpha value is -1.34. The van der Waals surface area contributed by atoms with Crippen LogP contribution in [-0.2, 0) is 9.53 Å². The lowest BCUT2D eigenvalue weighted by Crippen LogP contribution is -2.50. The summed E-state index contributed by atoms with van der Waals surface area (Å²) in [5.41, 5.74) is 0.732. The maximum absolute atomic E-state index is 12.9. The van der Waals surface area contributed by atoms with Crippen molar-refractivity contribution >= 4 is 17.7 Å². The van der Waals surface area contributed by atoms with Crippen LogP contribution in [0.2, 0.25) is 0 Å². The van der Waals surface area contributed by atoms with Crippen molar-refractivity contribution in [3.8, 4) is 0 Å². The van der Waals surface area contributed by atoms with Gasteiger partial charge in [-0.15, -0.1) is 0 Å². The van der Waals surface area contributed by atoms with Crippen molar-refractivity contribution in [1.29, 1.82) is 0 Å². The second-order valence-electron chi connectivity index (χ2n) is 6.93. The van der Waals surface area contributed by atoms with E-state index in [2.05, 4.69) is 9.97 Å². The van der Waals surface area contributed by atoms with Crippen molar-refractivity contribution in [2.24, 2.45) is 5.41 Å². The number of hydrogen-bond donors (Lipinski definition) is 1. The maximum Gasteiger partial charge on any atom is 0.251 e. The van der Waals surface area contributed by atoms with Gasteiger partial charge in [-0.1, -0.05) is 11.8 Å². The van der Waals surface area contributed by atoms with E-state index in [1.165, 1.54) is 24.2 Å². The topological polar surface area (TPSA) is 75.3 Å². The number of carbonyl (C=O) groups is 1. The smallest absolute Gasteiger partial charge is 0.251 e. The van der Waals surface area contributed by atoms with Gasteiger partial charge in [-0.2, -0.15) is 0 Å². The van der Waals surface area contributed by atoms with E-state index in [0.29, 0.717) is 10.9 Å². The summed E-state index contributed by atoms with van der Waals surface area (Å²) in [4.78, 5) is 33.4. The lowest BCUT2D eigenvalue weighted by Gasteiger charge is -2.45. The zero-order valence-corrected chi connectivity index (χ0v) is 15.2. The molecular formula is C17H25N3O3S. The Labute approximate surface area is 146 Å². The normalized spacial score (nSPS) is 21.7. The quantitative estimate of drug-likeness (QED) is 0.666. The largest absolute Gasteiger partial charge is 0.381 e. The third-order valence-corrected chi connectivity index (χ3v) is 5.98. The van der Waals surface area contributed by atoms with Crippen LogP contribution < -0.4 is 5.56 Å². The molecule has 132 valence electrons. The summed E-state index contributed by atoms with van der Waals surface area (Å²) in [6, 6.07) is 1.45. The number of likely N-dealkylation sites (tertiary alicyclic amines) is 1. The summed E-state index contributed by atoms with van der Waals surface area (Å²) in [5.74, 6) is 0.134. The first-order chi connectivity index (χ1) is 11.5. The first kappa shape index (κ1) is 17.5. The predicted molar refractivity (Wildman–Crippen MR) is 93.2 cm³/mol. The Morgan fingerprint density at radius 3 is 2.88 bits per heavy atom. The molecule has 3 rings (SSSR count). The lowest BCUT2D eigenvalue weighted by molar-refractivity contribution is -0.136. The number of amides is 1. The van der Waals surface area contributed by atoms with Gasteiger partial charge in [0.25, 0.3) is 5.56 Å². The SMILES string of the molecule is Cc1cc(=O)[nH]c(S[C@@H](C)C(=O)N2CCCC3(CCOCC3)C2)n1. The molecule has 0 saturated carbocycles. The molecule has 1 N–H and O–H groups in total. The number of aromatic nitrogens is 2. The highest BCUT2D eigenvalue weighted by Gasteiger charge is 2.39. The van der Waals surface area contributed by atoms with Crippen LogP contribution in [0.3, 0.4) is 0 Å². The standard InChI is InChI=1S/C17H25N3O3S/c1-12-10-14(21)19-16(18-12)24-13(2)15(22)20-7-3-4-17(11-20)5-8-23-9-6-17/h10,13H,3-9,11H2,1-2H3,(H,18,19,21)/t13-/m0/s1. The van der Waals surface area contributed by atoms with Crippen molar-refractivity contribution in [2.45, 2.75) is 49.9 Å². The third kappa shape index (κ3) is 4.00. The fourth-order valence-corrected chi connectivity index (χ4v) is 4.63. The fourth-order valence-electron chi connectivity index (χ4n) is 3.69. The number of H-pyrrole nitrogens is 1. The van der Waals surface area contributed by atoms with E-state index in [0.717, 1.165) is 45.6 Å². The summed E-state index contributed by atoms with van der Waals surface area (Å²) in [7, 11) is 0. The number of nitrogens with zero attached hydrogens (tertiary/aromatic N) is 2. The van der Waals surface area contributed by atoms with Gasteiger partial charge >= 0.3 is 0 Å². The average Bonchev–Trinajstić information content (AvgIpc) is 2.54. The van der Waals surface area contributed by atoms with Crippen LogP contribution in [0.4, 0.5) is 0 Å². The minimum atomic E-state index is -0.259. The van der Waals surface area contributed by atoms with Crippen molar-refractivity contribution in [3.05, 3.63) is 22.1 Å². The zero-order valence-electron chi connectivity index (χ0n) is 14.3. The van der Waals surface area contributed by atoms with Gasteiger partial charge in [0.05, 0.1) is 5.25 Å². The van der Waals surface area contributed by atoms with Gasteiger partial charge < -0.3 is 14.6 Å². The van der Waals surface area contributed by atoms with E-state index in [-0.39, 0.29) is 22.1 Å². The van der Waals surface area contributed by atoms with Crippen molar-refractivity contribution in [3.63, 3.8) is 0 Å². The van der Waals surface area contributed by atoms with Crippen LogP contribution in [0.25, 0.3) is 0 Å². The molecule has 2 aliphatic heterocycles. The molecule has 6 nitrogen and oxygen atoms in total. The highest BCUT2D eigenvalue weighted by molar-refractivity contribution is 8.00. The molecule has 7 heteroatoms. The summed E-state index contributed by atoms with van der Waals surface area (Å²) < 4.78 is 5.49. The van der Waals surface area contributed by atoms with Gasteiger partial charge in [0.15, 0.2) is 5.16 Å². The van der Waals surface area contributed by atoms with E-state index in [1.54, 1.807) is 6.92 Å². The first-order valence-electron chi connectivity index (χ1n) is 8.59. The molecule has 1 aromatic heterocycles. The van der Waals surface area contributed by atoms with Crippen LogP contribution in [0.15, 0.2) is 16.0 Å². The summed E-state index contributed by atoms with van der Waals surface area (Å²) in [6.45, 7) is 6.94. The minimum absolute atomic E-state index is 0.134. The Morgan fingerprint density at radius 2 is 2.17 bits per heavy atom. The average molecular weight is 351 g/mol. The van der Waals surface area contributed by atoms with Crippen LogP contribution in [-0.4, -0.2) is 52.3 Å². The molecule has 0 bridgehead atoms. The number of ether oxygens (including phenoxy) is 1. The van der Waals surface area contributed by atoms with Crippen LogP contribution in [0.5, 0.6) is 0 Å². The van der Waals surface area contributed by atoms with Gasteiger partial charge in [-0.25, -0.2) is 4.98 Å². The molecule has 24 heavy (non-hydrogen) atoms. The Morgan fingerprint density at radius 1 is 1.42 bits per heavy atom. The van der Waals surface area contributed by atoms with Gasteiger partial charge in [-0.3, -0.25) is 9.59 Å². The number of aryl methyl sites for hydroxylation is 1. The number of thioether (sulfide) groups is 1. The van der Waals surface area contributed by atoms with Crippen LogP contribution >= 0.6 is 11.8 Å². The Bertz CT molecular complexity index is 649. The molecule has 1 spiro atoms. The molecule has 1 aromatic rings. The zero-order chi connectivity index (χ0) is 17.2. The molecule has 1 atom stereocenters. The molecule has 0 aliphatic carbocycles. The van der Waals surface area contributed by atoms with E-state index < -0.39 is 0 Å². The molecule has 3 heterocycles.